The first kappa shape index (κ1) is 9.40. The molecule has 0 spiro atoms. The largest absolute Gasteiger partial charge is 0.358 e. The number of nitrogens with two attached hydrogens (primary N) is 1. The molecule has 70 valence electrons. The second-order valence-electron chi connectivity index (χ2n) is 2.37. The summed E-state index contributed by atoms with van der Waals surface area (Å²) in [5.41, 5.74) is 5.58. The molecule has 0 aliphatic carbocycles. The van der Waals surface area contributed by atoms with Gasteiger partial charge in [0.15, 0.2) is 12.0 Å². The van der Waals surface area contributed by atoms with E-state index in [1.54, 1.807) is 12.2 Å². The van der Waals surface area contributed by atoms with Crippen LogP contribution in [0.25, 0.3) is 6.08 Å². The summed E-state index contributed by atoms with van der Waals surface area (Å²) in [5, 5.41) is 10.4. The molecule has 0 bridgehead atoms. The van der Waals surface area contributed by atoms with Crippen LogP contribution in [-0.2, 0) is 0 Å². The van der Waals surface area contributed by atoms with Crippen molar-refractivity contribution in [2.75, 3.05) is 6.54 Å². The van der Waals surface area contributed by atoms with Crippen LogP contribution >= 0.6 is 0 Å². The lowest BCUT2D eigenvalue weighted by Gasteiger charge is -1.90. The second-order valence-corrected chi connectivity index (χ2v) is 2.37. The lowest BCUT2D eigenvalue weighted by atomic mass is 10.3. The molecule has 0 radical (unpaired) electrons. The number of nitrogens with zero attached hydrogens (tertiary/aromatic N) is 2. The number of aromatic nitrogens is 2. The highest BCUT2D eigenvalue weighted by molar-refractivity contribution is 5.53. The topological polar surface area (TPSA) is 97.8 Å². The molecule has 0 aliphatic rings. The fraction of sp³-hybridized carbons (Fsp3) is 0.286. The van der Waals surface area contributed by atoms with Gasteiger partial charge in [-0.2, -0.15) is 0 Å². The Morgan fingerprint density at radius 3 is 3.15 bits per heavy atom. The van der Waals surface area contributed by atoms with Gasteiger partial charge >= 0.3 is 5.82 Å². The van der Waals surface area contributed by atoms with E-state index in [4.69, 9.17) is 5.73 Å². The van der Waals surface area contributed by atoms with Gasteiger partial charge in [-0.05, 0) is 24.0 Å². The van der Waals surface area contributed by atoms with Crippen molar-refractivity contribution in [1.82, 2.24) is 9.97 Å². The maximum Gasteiger partial charge on any atom is 0.347 e. The molecule has 0 atom stereocenters. The highest BCUT2D eigenvalue weighted by atomic mass is 16.6. The Kier molecular flexibility index (Phi) is 3.15. The molecule has 1 rings (SSSR count). The molecule has 0 aliphatic heterocycles. The lowest BCUT2D eigenvalue weighted by Crippen LogP contribution is -1.95. The third kappa shape index (κ3) is 2.38. The van der Waals surface area contributed by atoms with Gasteiger partial charge in [-0.3, -0.25) is 0 Å². The van der Waals surface area contributed by atoms with Gasteiger partial charge in [0.1, 0.15) is 0 Å². The van der Waals surface area contributed by atoms with E-state index in [1.165, 1.54) is 6.33 Å². The Bertz CT molecular complexity index is 318. The fourth-order valence-electron chi connectivity index (χ4n) is 0.857. The number of nitrogens with one attached hydrogen (secondary N) is 1. The zero-order valence-corrected chi connectivity index (χ0v) is 6.93. The van der Waals surface area contributed by atoms with Crippen LogP contribution in [0.5, 0.6) is 0 Å². The smallest absolute Gasteiger partial charge is 0.347 e. The maximum atomic E-state index is 10.4. The van der Waals surface area contributed by atoms with E-state index in [0.29, 0.717) is 18.7 Å². The van der Waals surface area contributed by atoms with E-state index in [2.05, 4.69) is 9.97 Å². The zero-order chi connectivity index (χ0) is 9.68. The van der Waals surface area contributed by atoms with Crippen molar-refractivity contribution in [3.63, 3.8) is 0 Å². The SMILES string of the molecule is NCCC=Cc1nc[nH]c1[N+](=O)[O-]. The first-order valence-corrected chi connectivity index (χ1v) is 3.80. The molecule has 1 heterocycles. The average Bonchev–Trinajstić information content (AvgIpc) is 2.53. The quantitative estimate of drug-likeness (QED) is 0.528. The van der Waals surface area contributed by atoms with Crippen molar-refractivity contribution in [3.05, 3.63) is 28.2 Å². The molecule has 0 amide bonds. The third-order valence-electron chi connectivity index (χ3n) is 1.44. The Morgan fingerprint density at radius 1 is 1.77 bits per heavy atom. The maximum absolute atomic E-state index is 10.4. The van der Waals surface area contributed by atoms with Crippen LogP contribution in [0.1, 0.15) is 12.1 Å². The van der Waals surface area contributed by atoms with E-state index in [0.717, 1.165) is 0 Å². The second kappa shape index (κ2) is 4.36. The number of H-pyrrole nitrogens is 1. The van der Waals surface area contributed by atoms with Crippen LogP contribution in [0.3, 0.4) is 0 Å². The number of hydrogen-bond acceptors (Lipinski definition) is 4. The molecule has 0 saturated heterocycles. The van der Waals surface area contributed by atoms with Crippen LogP contribution in [0.2, 0.25) is 0 Å². The summed E-state index contributed by atoms with van der Waals surface area (Å²) in [7, 11) is 0. The summed E-state index contributed by atoms with van der Waals surface area (Å²) in [6, 6.07) is 0. The summed E-state index contributed by atoms with van der Waals surface area (Å²) in [6.07, 6.45) is 5.31. The van der Waals surface area contributed by atoms with E-state index < -0.39 is 4.92 Å². The van der Waals surface area contributed by atoms with Crippen molar-refractivity contribution in [1.29, 1.82) is 0 Å². The normalized spacial score (nSPS) is 10.8. The molecule has 6 nitrogen and oxygen atoms in total. The molecule has 6 heteroatoms. The molecule has 0 fully saturated rings. The summed E-state index contributed by atoms with van der Waals surface area (Å²) in [5.74, 6) is -0.0896. The molecule has 0 aromatic carbocycles. The molecule has 0 unspecified atom stereocenters. The van der Waals surface area contributed by atoms with E-state index in [1.807, 2.05) is 0 Å². The van der Waals surface area contributed by atoms with Gasteiger partial charge in [0, 0.05) is 0 Å². The molecule has 0 saturated carbocycles. The lowest BCUT2D eigenvalue weighted by molar-refractivity contribution is -0.389. The summed E-state index contributed by atoms with van der Waals surface area (Å²) >= 11 is 0. The van der Waals surface area contributed by atoms with Crippen molar-refractivity contribution in [2.24, 2.45) is 5.73 Å². The monoisotopic (exact) mass is 182 g/mol. The minimum absolute atomic E-state index is 0.0896. The Labute approximate surface area is 74.6 Å². The number of aromatic amines is 1. The van der Waals surface area contributed by atoms with Crippen LogP contribution < -0.4 is 5.73 Å². The summed E-state index contributed by atoms with van der Waals surface area (Å²) < 4.78 is 0. The van der Waals surface area contributed by atoms with Gasteiger partial charge in [-0.25, -0.2) is 9.97 Å². The zero-order valence-electron chi connectivity index (χ0n) is 6.93. The first-order valence-electron chi connectivity index (χ1n) is 3.80. The van der Waals surface area contributed by atoms with Gasteiger partial charge in [0.05, 0.1) is 0 Å². The fourth-order valence-corrected chi connectivity index (χ4v) is 0.857. The van der Waals surface area contributed by atoms with Gasteiger partial charge in [0.25, 0.3) is 0 Å². The Balaban J connectivity index is 2.76. The summed E-state index contributed by atoms with van der Waals surface area (Å²) in [4.78, 5) is 16.1. The summed E-state index contributed by atoms with van der Waals surface area (Å²) in [6.45, 7) is 0.523. The number of hydrogen-bond donors (Lipinski definition) is 2. The Morgan fingerprint density at radius 2 is 2.54 bits per heavy atom. The first-order chi connectivity index (χ1) is 6.25. The van der Waals surface area contributed by atoms with Gasteiger partial charge in [0.2, 0.25) is 0 Å². The van der Waals surface area contributed by atoms with E-state index in [9.17, 15) is 10.1 Å². The van der Waals surface area contributed by atoms with Crippen LogP contribution in [0, 0.1) is 10.1 Å². The van der Waals surface area contributed by atoms with Crippen molar-refractivity contribution >= 4 is 11.9 Å². The van der Waals surface area contributed by atoms with E-state index >= 15 is 0 Å². The molecule has 1 aromatic rings. The molecule has 13 heavy (non-hydrogen) atoms. The van der Waals surface area contributed by atoms with Crippen molar-refractivity contribution in [2.45, 2.75) is 6.42 Å². The minimum Gasteiger partial charge on any atom is -0.358 e. The van der Waals surface area contributed by atoms with Crippen LogP contribution in [-0.4, -0.2) is 21.4 Å². The van der Waals surface area contributed by atoms with Crippen molar-refractivity contribution < 1.29 is 4.92 Å². The van der Waals surface area contributed by atoms with Crippen LogP contribution in [0.4, 0.5) is 5.82 Å². The van der Waals surface area contributed by atoms with E-state index in [-0.39, 0.29) is 5.82 Å². The molecular weight excluding hydrogens is 172 g/mol. The predicted molar refractivity (Wildman–Crippen MR) is 47.9 cm³/mol. The molecular formula is C7H10N4O2. The van der Waals surface area contributed by atoms with Gasteiger partial charge < -0.3 is 15.8 Å². The standard InChI is InChI=1S/C7H10N4O2/c8-4-2-1-3-6-7(11(12)13)10-5-9-6/h1,3,5H,2,4,8H2,(H,9,10). The number of imidazole rings is 1. The average molecular weight is 182 g/mol. The van der Waals surface area contributed by atoms with Crippen LogP contribution in [0.15, 0.2) is 12.4 Å². The minimum atomic E-state index is -0.505. The van der Waals surface area contributed by atoms with Gasteiger partial charge in [-0.1, -0.05) is 6.08 Å². The Hall–Kier alpha value is -1.69. The third-order valence-corrected chi connectivity index (χ3v) is 1.44. The number of nitro groups is 1. The van der Waals surface area contributed by atoms with Gasteiger partial charge in [-0.15, -0.1) is 0 Å². The highest BCUT2D eigenvalue weighted by Gasteiger charge is 2.11. The number of rotatable bonds is 4. The highest BCUT2D eigenvalue weighted by Crippen LogP contribution is 2.13. The molecule has 3 N–H and O–H groups in total. The molecule has 1 aromatic heterocycles. The predicted octanol–water partition coefficient (Wildman–Crippen LogP) is 0.680. The van der Waals surface area contributed by atoms with Crippen molar-refractivity contribution in [3.8, 4) is 0 Å².